The molecular weight excluding hydrogens is 374 g/mol. The second-order valence-electron chi connectivity index (χ2n) is 6.52. The van der Waals surface area contributed by atoms with Gasteiger partial charge in [0.1, 0.15) is 5.75 Å². The van der Waals surface area contributed by atoms with Gasteiger partial charge in [-0.25, -0.2) is 8.42 Å². The molecule has 0 radical (unpaired) electrons. The van der Waals surface area contributed by atoms with Crippen LogP contribution in [0.3, 0.4) is 0 Å². The molecule has 0 spiro atoms. The number of carbonyl (C=O) groups excluding carboxylic acids is 1. The predicted octanol–water partition coefficient (Wildman–Crippen LogP) is 3.30. The molecule has 7 heteroatoms. The third-order valence-electron chi connectivity index (χ3n) is 4.62. The lowest BCUT2D eigenvalue weighted by atomic mass is 10.1. The topological polar surface area (TPSA) is 63.7 Å². The molecule has 5 nitrogen and oxygen atoms in total. The molecule has 1 amide bonds. The molecule has 1 atom stereocenters. The summed E-state index contributed by atoms with van der Waals surface area (Å²) in [5, 5.41) is 2.34. The van der Waals surface area contributed by atoms with Crippen LogP contribution in [0.1, 0.15) is 19.8 Å². The number of sulfone groups is 1. The van der Waals surface area contributed by atoms with E-state index in [2.05, 4.69) is 0 Å². The monoisotopic (exact) mass is 395 g/mol. The molecule has 2 aromatic carbocycles. The zero-order chi connectivity index (χ0) is 18.7. The van der Waals surface area contributed by atoms with E-state index in [-0.39, 0.29) is 30.1 Å². The predicted molar refractivity (Wildman–Crippen MR) is 104 cm³/mol. The van der Waals surface area contributed by atoms with Crippen molar-refractivity contribution in [1.82, 2.24) is 4.90 Å². The maximum atomic E-state index is 12.7. The second-order valence-corrected chi connectivity index (χ2v) is 9.16. The minimum Gasteiger partial charge on any atom is -0.483 e. The van der Waals surface area contributed by atoms with Gasteiger partial charge < -0.3 is 9.64 Å². The van der Waals surface area contributed by atoms with Crippen LogP contribution in [0.15, 0.2) is 36.4 Å². The standard InChI is InChI=1S/C19H22ClNO4S/c1-2-10-21(14-9-11-26(23,24)13-14)19(22)12-25-18-8-7-17(20)15-5-3-4-6-16(15)18/h3-8,14H,2,9-13H2,1H3/t14-/m0/s1. The average Bonchev–Trinajstić information content (AvgIpc) is 2.98. The van der Waals surface area contributed by atoms with Gasteiger partial charge in [0.25, 0.3) is 5.91 Å². The quantitative estimate of drug-likeness (QED) is 0.752. The summed E-state index contributed by atoms with van der Waals surface area (Å²) in [5.41, 5.74) is 0. The Morgan fingerprint density at radius 2 is 1.96 bits per heavy atom. The highest BCUT2D eigenvalue weighted by molar-refractivity contribution is 7.91. The molecule has 0 aliphatic carbocycles. The first-order valence-electron chi connectivity index (χ1n) is 8.71. The van der Waals surface area contributed by atoms with E-state index in [1.807, 2.05) is 31.2 Å². The Bertz CT molecular complexity index is 913. The molecule has 0 saturated carbocycles. The van der Waals surface area contributed by atoms with Crippen LogP contribution in [-0.4, -0.2) is 49.9 Å². The Morgan fingerprint density at radius 3 is 2.62 bits per heavy atom. The van der Waals surface area contributed by atoms with Crippen LogP contribution in [0.5, 0.6) is 5.75 Å². The van der Waals surface area contributed by atoms with Gasteiger partial charge in [-0.05, 0) is 25.0 Å². The number of amides is 1. The number of nitrogens with zero attached hydrogens (tertiary/aromatic N) is 1. The molecular formula is C19H22ClNO4S. The van der Waals surface area contributed by atoms with Crippen molar-refractivity contribution in [3.8, 4) is 5.75 Å². The second kappa shape index (κ2) is 7.84. The van der Waals surface area contributed by atoms with E-state index in [9.17, 15) is 13.2 Å². The molecule has 3 rings (SSSR count). The van der Waals surface area contributed by atoms with Crippen molar-refractivity contribution >= 4 is 38.1 Å². The largest absolute Gasteiger partial charge is 0.483 e. The van der Waals surface area contributed by atoms with E-state index in [4.69, 9.17) is 16.3 Å². The molecule has 1 saturated heterocycles. The van der Waals surface area contributed by atoms with Crippen molar-refractivity contribution in [3.63, 3.8) is 0 Å². The van der Waals surface area contributed by atoms with Gasteiger partial charge in [-0.2, -0.15) is 0 Å². The fraction of sp³-hybridized carbons (Fsp3) is 0.421. The van der Waals surface area contributed by atoms with Crippen LogP contribution >= 0.6 is 11.6 Å². The van der Waals surface area contributed by atoms with Crippen LogP contribution in [0, 0.1) is 0 Å². The number of carbonyl (C=O) groups is 1. The summed E-state index contributed by atoms with van der Waals surface area (Å²) in [4.78, 5) is 14.3. The third-order valence-corrected chi connectivity index (χ3v) is 6.70. The summed E-state index contributed by atoms with van der Waals surface area (Å²) in [5.74, 6) is 0.595. The molecule has 1 aliphatic rings. The zero-order valence-corrected chi connectivity index (χ0v) is 16.2. The minimum absolute atomic E-state index is 0.0443. The van der Waals surface area contributed by atoms with Gasteiger partial charge in [-0.15, -0.1) is 0 Å². The summed E-state index contributed by atoms with van der Waals surface area (Å²) < 4.78 is 29.3. The van der Waals surface area contributed by atoms with E-state index < -0.39 is 9.84 Å². The lowest BCUT2D eigenvalue weighted by Crippen LogP contribution is -2.44. The van der Waals surface area contributed by atoms with Crippen molar-refractivity contribution in [2.75, 3.05) is 24.7 Å². The van der Waals surface area contributed by atoms with Gasteiger partial charge in [-0.3, -0.25) is 4.79 Å². The molecule has 26 heavy (non-hydrogen) atoms. The van der Waals surface area contributed by atoms with Crippen molar-refractivity contribution in [1.29, 1.82) is 0 Å². The third kappa shape index (κ3) is 4.13. The Balaban J connectivity index is 1.74. The smallest absolute Gasteiger partial charge is 0.260 e. The van der Waals surface area contributed by atoms with Crippen molar-refractivity contribution in [3.05, 3.63) is 41.4 Å². The van der Waals surface area contributed by atoms with Crippen molar-refractivity contribution < 1.29 is 17.9 Å². The van der Waals surface area contributed by atoms with Gasteiger partial charge in [-0.1, -0.05) is 42.8 Å². The van der Waals surface area contributed by atoms with Gasteiger partial charge in [0, 0.05) is 28.4 Å². The van der Waals surface area contributed by atoms with Crippen molar-refractivity contribution in [2.45, 2.75) is 25.8 Å². The molecule has 0 N–H and O–H groups in total. The fourth-order valence-electron chi connectivity index (χ4n) is 3.36. The summed E-state index contributed by atoms with van der Waals surface area (Å²) in [6.45, 7) is 2.38. The van der Waals surface area contributed by atoms with Crippen LogP contribution in [-0.2, 0) is 14.6 Å². The highest BCUT2D eigenvalue weighted by Crippen LogP contribution is 2.31. The maximum Gasteiger partial charge on any atom is 0.260 e. The Kier molecular flexibility index (Phi) is 5.73. The van der Waals surface area contributed by atoms with Gasteiger partial charge >= 0.3 is 0 Å². The molecule has 140 valence electrons. The Hall–Kier alpha value is -1.79. The summed E-state index contributed by atoms with van der Waals surface area (Å²) in [6, 6.07) is 10.8. The van der Waals surface area contributed by atoms with Gasteiger partial charge in [0.15, 0.2) is 16.4 Å². The first-order valence-corrected chi connectivity index (χ1v) is 10.9. The van der Waals surface area contributed by atoms with Crippen LogP contribution in [0.2, 0.25) is 5.02 Å². The van der Waals surface area contributed by atoms with E-state index in [0.29, 0.717) is 23.7 Å². The van der Waals surface area contributed by atoms with Crippen LogP contribution in [0.4, 0.5) is 0 Å². The van der Waals surface area contributed by atoms with Crippen LogP contribution < -0.4 is 4.74 Å². The average molecular weight is 396 g/mol. The Labute approximate surface area is 158 Å². The van der Waals surface area contributed by atoms with E-state index in [1.54, 1.807) is 17.0 Å². The highest BCUT2D eigenvalue weighted by atomic mass is 35.5. The van der Waals surface area contributed by atoms with E-state index >= 15 is 0 Å². The number of ether oxygens (including phenoxy) is 1. The molecule has 1 fully saturated rings. The van der Waals surface area contributed by atoms with Gasteiger partial charge in [0.05, 0.1) is 11.5 Å². The molecule has 0 aromatic heterocycles. The maximum absolute atomic E-state index is 12.7. The molecule has 1 heterocycles. The van der Waals surface area contributed by atoms with Crippen LogP contribution in [0.25, 0.3) is 10.8 Å². The normalized spacial score (nSPS) is 18.8. The summed E-state index contributed by atoms with van der Waals surface area (Å²) in [6.07, 6.45) is 1.27. The Morgan fingerprint density at radius 1 is 1.23 bits per heavy atom. The zero-order valence-electron chi connectivity index (χ0n) is 14.7. The first kappa shape index (κ1) is 19.0. The molecule has 0 unspecified atom stereocenters. The van der Waals surface area contributed by atoms with Gasteiger partial charge in [0.2, 0.25) is 0 Å². The molecule has 1 aliphatic heterocycles. The van der Waals surface area contributed by atoms with E-state index in [0.717, 1.165) is 17.2 Å². The lowest BCUT2D eigenvalue weighted by molar-refractivity contribution is -0.135. The first-order chi connectivity index (χ1) is 12.4. The number of benzene rings is 2. The number of hydrogen-bond donors (Lipinski definition) is 0. The number of halogens is 1. The van der Waals surface area contributed by atoms with Crippen molar-refractivity contribution in [2.24, 2.45) is 0 Å². The highest BCUT2D eigenvalue weighted by Gasteiger charge is 2.34. The summed E-state index contributed by atoms with van der Waals surface area (Å²) in [7, 11) is -3.04. The number of rotatable bonds is 6. The van der Waals surface area contributed by atoms with E-state index in [1.165, 1.54) is 0 Å². The minimum atomic E-state index is -3.04. The molecule has 0 bridgehead atoms. The summed E-state index contributed by atoms with van der Waals surface area (Å²) >= 11 is 6.21. The SMILES string of the molecule is CCCN(C(=O)COc1ccc(Cl)c2ccccc12)[C@H]1CCS(=O)(=O)C1. The fourth-order valence-corrected chi connectivity index (χ4v) is 5.31. The number of fused-ring (bicyclic) bond motifs is 1. The number of hydrogen-bond acceptors (Lipinski definition) is 4. The molecule has 2 aromatic rings. The lowest BCUT2D eigenvalue weighted by Gasteiger charge is -2.28.